The normalized spacial score (nSPS) is 9.60. The second kappa shape index (κ2) is 4.27. The van der Waals surface area contributed by atoms with Crippen LogP contribution >= 0.6 is 0 Å². The molecule has 7 heteroatoms. The Labute approximate surface area is 85.1 Å². The van der Waals surface area contributed by atoms with Crippen LogP contribution in [-0.4, -0.2) is 28.5 Å². The lowest BCUT2D eigenvalue weighted by atomic mass is 10.2. The van der Waals surface area contributed by atoms with E-state index in [2.05, 4.69) is 10.3 Å². The average Bonchev–Trinajstić information content (AvgIpc) is 2.15. The lowest BCUT2D eigenvalue weighted by molar-refractivity contribution is -0.116. The molecule has 0 saturated carbocycles. The van der Waals surface area contributed by atoms with E-state index in [9.17, 15) is 9.59 Å². The highest BCUT2D eigenvalue weighted by Crippen LogP contribution is 2.15. The van der Waals surface area contributed by atoms with Gasteiger partial charge in [0.05, 0.1) is 24.0 Å². The quantitative estimate of drug-likeness (QED) is 0.517. The highest BCUT2D eigenvalue weighted by Gasteiger charge is 2.11. The summed E-state index contributed by atoms with van der Waals surface area (Å²) in [6.07, 6.45) is 1.24. The first-order valence-corrected chi connectivity index (χ1v) is 4.01. The number of nitrogens with zero attached hydrogens (tertiary/aromatic N) is 1. The number of nitrogens with two attached hydrogens (primary N) is 2. The van der Waals surface area contributed by atoms with Crippen LogP contribution in [-0.2, 0) is 4.79 Å². The van der Waals surface area contributed by atoms with Crippen LogP contribution in [0, 0.1) is 0 Å². The predicted octanol–water partition coefficient (Wildman–Crippen LogP) is -0.741. The van der Waals surface area contributed by atoms with Crippen LogP contribution in [0.15, 0.2) is 12.3 Å². The maximum absolute atomic E-state index is 10.8. The van der Waals surface area contributed by atoms with Gasteiger partial charge in [0.1, 0.15) is 5.82 Å². The number of nitrogen functional groups attached to an aromatic ring is 1. The molecule has 1 aromatic rings. The molecule has 0 unspecified atom stereocenters. The first-order chi connectivity index (χ1) is 7.00. The molecule has 0 bridgehead atoms. The third kappa shape index (κ3) is 2.83. The summed E-state index contributed by atoms with van der Waals surface area (Å²) in [4.78, 5) is 25.0. The fourth-order valence-corrected chi connectivity index (χ4v) is 0.972. The van der Waals surface area contributed by atoms with E-state index in [0.717, 1.165) is 0 Å². The summed E-state index contributed by atoms with van der Waals surface area (Å²) < 4.78 is 0. The summed E-state index contributed by atoms with van der Waals surface area (Å²) in [5.41, 5.74) is 10.4. The van der Waals surface area contributed by atoms with Crippen LogP contribution in [0.1, 0.15) is 10.4 Å². The van der Waals surface area contributed by atoms with E-state index in [4.69, 9.17) is 16.6 Å². The number of carbonyl (C=O) groups excluding carboxylic acids is 1. The zero-order chi connectivity index (χ0) is 11.4. The van der Waals surface area contributed by atoms with E-state index in [1.54, 1.807) is 0 Å². The van der Waals surface area contributed by atoms with Crippen LogP contribution in [0.25, 0.3) is 0 Å². The number of carbonyl (C=O) groups is 2. The topological polar surface area (TPSA) is 131 Å². The average molecular weight is 210 g/mol. The molecule has 0 aliphatic carbocycles. The Morgan fingerprint density at radius 3 is 2.73 bits per heavy atom. The van der Waals surface area contributed by atoms with Gasteiger partial charge in [-0.25, -0.2) is 9.78 Å². The smallest absolute Gasteiger partial charge is 0.337 e. The number of anilines is 2. The number of aromatic nitrogens is 1. The molecular weight excluding hydrogens is 200 g/mol. The summed E-state index contributed by atoms with van der Waals surface area (Å²) in [7, 11) is 0. The zero-order valence-electron chi connectivity index (χ0n) is 7.73. The van der Waals surface area contributed by atoms with Gasteiger partial charge in [-0.15, -0.1) is 0 Å². The summed E-state index contributed by atoms with van der Waals surface area (Å²) in [6, 6.07) is 1.20. The molecular formula is C8H10N4O3. The Morgan fingerprint density at radius 1 is 1.53 bits per heavy atom. The Kier molecular flexibility index (Phi) is 3.06. The molecule has 0 atom stereocenters. The molecule has 80 valence electrons. The van der Waals surface area contributed by atoms with Gasteiger partial charge in [0.15, 0.2) is 0 Å². The Hall–Kier alpha value is -2.31. The maximum atomic E-state index is 10.8. The first-order valence-electron chi connectivity index (χ1n) is 4.01. The minimum absolute atomic E-state index is 0.0521. The molecule has 6 N–H and O–H groups in total. The molecule has 1 rings (SSSR count). The molecule has 0 spiro atoms. The number of primary amides is 1. The fraction of sp³-hybridized carbons (Fsp3) is 0.125. The van der Waals surface area contributed by atoms with Crippen molar-refractivity contribution in [2.24, 2.45) is 5.73 Å². The molecule has 0 radical (unpaired) electrons. The van der Waals surface area contributed by atoms with Crippen LogP contribution < -0.4 is 16.8 Å². The zero-order valence-corrected chi connectivity index (χ0v) is 7.73. The number of rotatable bonds is 4. The van der Waals surface area contributed by atoms with E-state index in [1.165, 1.54) is 12.3 Å². The molecule has 0 saturated heterocycles. The highest BCUT2D eigenvalue weighted by molar-refractivity contribution is 5.95. The van der Waals surface area contributed by atoms with Crippen molar-refractivity contribution in [3.8, 4) is 0 Å². The monoisotopic (exact) mass is 210 g/mol. The first kappa shape index (κ1) is 10.8. The van der Waals surface area contributed by atoms with E-state index in [-0.39, 0.29) is 23.6 Å². The molecule has 0 fully saturated rings. The van der Waals surface area contributed by atoms with E-state index >= 15 is 0 Å². The van der Waals surface area contributed by atoms with Gasteiger partial charge in [-0.2, -0.15) is 0 Å². The fourth-order valence-electron chi connectivity index (χ4n) is 0.972. The van der Waals surface area contributed by atoms with Gasteiger partial charge in [-0.1, -0.05) is 0 Å². The van der Waals surface area contributed by atoms with E-state index in [0.29, 0.717) is 0 Å². The number of carboxylic acids is 1. The van der Waals surface area contributed by atoms with Crippen molar-refractivity contribution in [2.75, 3.05) is 17.6 Å². The van der Waals surface area contributed by atoms with Crippen LogP contribution in [0.2, 0.25) is 0 Å². The molecule has 0 aliphatic rings. The molecule has 15 heavy (non-hydrogen) atoms. The van der Waals surface area contributed by atoms with Crippen molar-refractivity contribution in [3.63, 3.8) is 0 Å². The molecule has 0 aromatic carbocycles. The number of nitrogens with one attached hydrogen (secondary N) is 1. The Morgan fingerprint density at radius 2 is 2.20 bits per heavy atom. The predicted molar refractivity (Wildman–Crippen MR) is 53.3 cm³/mol. The second-order valence-electron chi connectivity index (χ2n) is 2.78. The minimum Gasteiger partial charge on any atom is -0.478 e. The van der Waals surface area contributed by atoms with Crippen molar-refractivity contribution < 1.29 is 14.7 Å². The van der Waals surface area contributed by atoms with Gasteiger partial charge in [0.2, 0.25) is 5.91 Å². The molecule has 1 aromatic heterocycles. The SMILES string of the molecule is NC(=O)CNc1cnc(N)cc1C(=O)O. The lowest BCUT2D eigenvalue weighted by Gasteiger charge is -2.07. The third-order valence-electron chi connectivity index (χ3n) is 1.61. The molecule has 1 amide bonds. The largest absolute Gasteiger partial charge is 0.478 e. The van der Waals surface area contributed by atoms with Gasteiger partial charge >= 0.3 is 5.97 Å². The van der Waals surface area contributed by atoms with Crippen molar-refractivity contribution in [2.45, 2.75) is 0 Å². The number of hydrogen-bond acceptors (Lipinski definition) is 5. The number of aromatic carboxylic acids is 1. The Balaban J connectivity index is 2.95. The number of pyridine rings is 1. The van der Waals surface area contributed by atoms with Crippen molar-refractivity contribution in [1.29, 1.82) is 0 Å². The van der Waals surface area contributed by atoms with Crippen LogP contribution in [0.5, 0.6) is 0 Å². The van der Waals surface area contributed by atoms with E-state index in [1.807, 2.05) is 0 Å². The molecule has 0 aliphatic heterocycles. The standard InChI is InChI=1S/C8H10N4O3/c9-6-1-4(8(14)15)5(2-12-6)11-3-7(10)13/h1-2,11H,3H2,(H2,9,12)(H2,10,13)(H,14,15). The summed E-state index contributed by atoms with van der Waals surface area (Å²) >= 11 is 0. The minimum atomic E-state index is -1.16. The summed E-state index contributed by atoms with van der Waals surface area (Å²) in [5, 5.41) is 11.4. The Bertz CT molecular complexity index is 405. The summed E-state index contributed by atoms with van der Waals surface area (Å²) in [5.74, 6) is -1.66. The van der Waals surface area contributed by atoms with Crippen molar-refractivity contribution in [1.82, 2.24) is 4.98 Å². The second-order valence-corrected chi connectivity index (χ2v) is 2.78. The van der Waals surface area contributed by atoms with Gasteiger partial charge in [-0.3, -0.25) is 4.79 Å². The van der Waals surface area contributed by atoms with E-state index < -0.39 is 11.9 Å². The lowest BCUT2D eigenvalue weighted by Crippen LogP contribution is -2.22. The van der Waals surface area contributed by atoms with Crippen molar-refractivity contribution >= 4 is 23.4 Å². The van der Waals surface area contributed by atoms with Crippen LogP contribution in [0.4, 0.5) is 11.5 Å². The number of amides is 1. The van der Waals surface area contributed by atoms with Crippen LogP contribution in [0.3, 0.4) is 0 Å². The van der Waals surface area contributed by atoms with Gasteiger partial charge in [0, 0.05) is 0 Å². The maximum Gasteiger partial charge on any atom is 0.337 e. The highest BCUT2D eigenvalue weighted by atomic mass is 16.4. The van der Waals surface area contributed by atoms with Gasteiger partial charge in [0.25, 0.3) is 0 Å². The third-order valence-corrected chi connectivity index (χ3v) is 1.61. The molecule has 7 nitrogen and oxygen atoms in total. The van der Waals surface area contributed by atoms with Gasteiger partial charge in [-0.05, 0) is 6.07 Å². The summed E-state index contributed by atoms with van der Waals surface area (Å²) in [6.45, 7) is -0.161. The number of hydrogen-bond donors (Lipinski definition) is 4. The van der Waals surface area contributed by atoms with Gasteiger partial charge < -0.3 is 21.9 Å². The van der Waals surface area contributed by atoms with Crippen molar-refractivity contribution in [3.05, 3.63) is 17.8 Å². The number of carboxylic acid groups (broad SMARTS) is 1. The molecule has 1 heterocycles.